The van der Waals surface area contributed by atoms with E-state index in [1.807, 2.05) is 0 Å². The molecule has 1 fully saturated rings. The van der Waals surface area contributed by atoms with Crippen LogP contribution in [-0.4, -0.2) is 19.3 Å². The minimum Gasteiger partial charge on any atom is -0.376 e. The van der Waals surface area contributed by atoms with Gasteiger partial charge in [0.2, 0.25) is 0 Å². The van der Waals surface area contributed by atoms with Gasteiger partial charge < -0.3 is 4.74 Å². The van der Waals surface area contributed by atoms with Crippen LogP contribution in [0.15, 0.2) is 0 Å². The van der Waals surface area contributed by atoms with Crippen LogP contribution in [0.4, 0.5) is 0 Å². The highest BCUT2D eigenvalue weighted by molar-refractivity contribution is 4.84. The first-order chi connectivity index (χ1) is 4.67. The average Bonchev–Trinajstić information content (AvgIpc) is 2.13. The lowest BCUT2D eigenvalue weighted by Gasteiger charge is -2.24. The minimum absolute atomic E-state index is 0.289. The van der Waals surface area contributed by atoms with Crippen molar-refractivity contribution in [1.82, 2.24) is 5.43 Å². The Labute approximate surface area is 61.9 Å². The molecule has 1 atom stereocenters. The van der Waals surface area contributed by atoms with Gasteiger partial charge in [-0.2, -0.15) is 0 Å². The molecule has 0 aromatic rings. The summed E-state index contributed by atoms with van der Waals surface area (Å²) >= 11 is 0. The Morgan fingerprint density at radius 2 is 2.40 bits per heavy atom. The molecular weight excluding hydrogens is 128 g/mol. The van der Waals surface area contributed by atoms with Gasteiger partial charge in [0.15, 0.2) is 0 Å². The lowest BCUT2D eigenvalue weighted by atomic mass is 9.86. The number of hydrogen-bond donors (Lipinski definition) is 2. The topological polar surface area (TPSA) is 47.3 Å². The molecule has 1 heterocycles. The summed E-state index contributed by atoms with van der Waals surface area (Å²) < 4.78 is 5.47. The summed E-state index contributed by atoms with van der Waals surface area (Å²) in [5.74, 6) is 5.20. The number of hydrogen-bond acceptors (Lipinski definition) is 3. The molecule has 0 aromatic heterocycles. The van der Waals surface area contributed by atoms with Crippen molar-refractivity contribution >= 4 is 0 Å². The zero-order valence-corrected chi connectivity index (χ0v) is 6.68. The first kappa shape index (κ1) is 7.98. The molecule has 10 heavy (non-hydrogen) atoms. The minimum atomic E-state index is 0.289. The third kappa shape index (κ3) is 1.48. The van der Waals surface area contributed by atoms with Crippen molar-refractivity contribution in [3.63, 3.8) is 0 Å². The zero-order chi connectivity index (χ0) is 7.61. The smallest absolute Gasteiger partial charge is 0.0764 e. The fourth-order valence-corrected chi connectivity index (χ4v) is 1.29. The number of ether oxygens (including phenoxy) is 1. The van der Waals surface area contributed by atoms with Crippen molar-refractivity contribution in [2.75, 3.05) is 13.2 Å². The second-order valence-electron chi connectivity index (χ2n) is 3.51. The molecule has 3 N–H and O–H groups in total. The van der Waals surface area contributed by atoms with E-state index >= 15 is 0 Å². The van der Waals surface area contributed by atoms with Crippen LogP contribution in [0.3, 0.4) is 0 Å². The monoisotopic (exact) mass is 144 g/mol. The molecule has 1 saturated heterocycles. The van der Waals surface area contributed by atoms with E-state index in [0.29, 0.717) is 5.41 Å². The van der Waals surface area contributed by atoms with E-state index < -0.39 is 0 Å². The highest BCUT2D eigenvalue weighted by atomic mass is 16.5. The maximum atomic E-state index is 5.47. The molecule has 0 bridgehead atoms. The molecule has 0 aromatic carbocycles. The maximum absolute atomic E-state index is 5.47. The summed E-state index contributed by atoms with van der Waals surface area (Å²) in [7, 11) is 0. The van der Waals surface area contributed by atoms with Gasteiger partial charge in [-0.05, 0) is 11.8 Å². The van der Waals surface area contributed by atoms with Gasteiger partial charge in [-0.1, -0.05) is 13.8 Å². The van der Waals surface area contributed by atoms with Gasteiger partial charge in [0.25, 0.3) is 0 Å². The molecule has 0 radical (unpaired) electrons. The van der Waals surface area contributed by atoms with Crippen LogP contribution in [0.1, 0.15) is 20.3 Å². The van der Waals surface area contributed by atoms with E-state index in [1.165, 1.54) is 0 Å². The molecule has 0 unspecified atom stereocenters. The number of hydrazine groups is 1. The number of rotatable bonds is 2. The molecule has 0 amide bonds. The Hall–Kier alpha value is -0.120. The summed E-state index contributed by atoms with van der Waals surface area (Å²) in [6, 6.07) is 0. The van der Waals surface area contributed by atoms with Gasteiger partial charge in [0, 0.05) is 13.2 Å². The van der Waals surface area contributed by atoms with E-state index in [2.05, 4.69) is 19.3 Å². The molecule has 0 aliphatic carbocycles. The van der Waals surface area contributed by atoms with Gasteiger partial charge >= 0.3 is 0 Å². The van der Waals surface area contributed by atoms with Crippen molar-refractivity contribution in [3.8, 4) is 0 Å². The van der Waals surface area contributed by atoms with Gasteiger partial charge in [-0.3, -0.25) is 11.3 Å². The first-order valence-electron chi connectivity index (χ1n) is 3.72. The van der Waals surface area contributed by atoms with Crippen LogP contribution in [0.25, 0.3) is 0 Å². The summed E-state index contributed by atoms with van der Waals surface area (Å²) in [6.45, 7) is 6.05. The van der Waals surface area contributed by atoms with E-state index in [4.69, 9.17) is 10.6 Å². The Balaban J connectivity index is 2.43. The van der Waals surface area contributed by atoms with Crippen LogP contribution >= 0.6 is 0 Å². The molecule has 0 saturated carbocycles. The first-order valence-corrected chi connectivity index (χ1v) is 3.72. The lowest BCUT2D eigenvalue weighted by Crippen LogP contribution is -2.38. The predicted molar refractivity (Wildman–Crippen MR) is 40.3 cm³/mol. The normalized spacial score (nSPS) is 30.9. The standard InChI is InChI=1S/C7H16N2O/c1-7(2)3-4-10-6(7)5-9-8/h6,9H,3-5,8H2,1-2H3/t6-/m1/s1. The van der Waals surface area contributed by atoms with Crippen LogP contribution in [0.5, 0.6) is 0 Å². The van der Waals surface area contributed by atoms with Crippen molar-refractivity contribution < 1.29 is 4.74 Å². The Morgan fingerprint density at radius 1 is 1.70 bits per heavy atom. The molecule has 0 spiro atoms. The molecule has 60 valence electrons. The number of nitrogens with two attached hydrogens (primary N) is 1. The van der Waals surface area contributed by atoms with Crippen molar-refractivity contribution in [1.29, 1.82) is 0 Å². The second kappa shape index (κ2) is 2.86. The van der Waals surface area contributed by atoms with Crippen molar-refractivity contribution in [2.24, 2.45) is 11.3 Å². The zero-order valence-electron chi connectivity index (χ0n) is 6.68. The summed E-state index contributed by atoms with van der Waals surface area (Å²) in [6.07, 6.45) is 1.43. The van der Waals surface area contributed by atoms with Gasteiger partial charge in [-0.25, -0.2) is 0 Å². The van der Waals surface area contributed by atoms with E-state index in [0.717, 1.165) is 19.6 Å². The predicted octanol–water partition coefficient (Wildman–Crippen LogP) is 0.265. The van der Waals surface area contributed by atoms with Crippen molar-refractivity contribution in [3.05, 3.63) is 0 Å². The molecule has 3 nitrogen and oxygen atoms in total. The van der Waals surface area contributed by atoms with Gasteiger partial charge in [-0.15, -0.1) is 0 Å². The highest BCUT2D eigenvalue weighted by Gasteiger charge is 2.34. The summed E-state index contributed by atoms with van der Waals surface area (Å²) in [4.78, 5) is 0. The van der Waals surface area contributed by atoms with E-state index in [1.54, 1.807) is 0 Å². The molecular formula is C7H16N2O. The number of nitrogens with one attached hydrogen (secondary N) is 1. The fraction of sp³-hybridized carbons (Fsp3) is 1.00. The lowest BCUT2D eigenvalue weighted by molar-refractivity contribution is 0.0641. The maximum Gasteiger partial charge on any atom is 0.0764 e. The van der Waals surface area contributed by atoms with Gasteiger partial charge in [0.1, 0.15) is 0 Å². The van der Waals surface area contributed by atoms with Crippen LogP contribution in [0.2, 0.25) is 0 Å². The molecule has 1 aliphatic rings. The molecule has 3 heteroatoms. The fourth-order valence-electron chi connectivity index (χ4n) is 1.29. The average molecular weight is 144 g/mol. The Morgan fingerprint density at radius 3 is 2.80 bits per heavy atom. The van der Waals surface area contributed by atoms with E-state index in [9.17, 15) is 0 Å². The van der Waals surface area contributed by atoms with Crippen LogP contribution in [-0.2, 0) is 4.74 Å². The summed E-state index contributed by atoms with van der Waals surface area (Å²) in [5, 5.41) is 0. The third-order valence-corrected chi connectivity index (χ3v) is 2.24. The van der Waals surface area contributed by atoms with Crippen LogP contribution < -0.4 is 11.3 Å². The second-order valence-corrected chi connectivity index (χ2v) is 3.51. The Bertz CT molecular complexity index is 114. The SMILES string of the molecule is CC1(C)CCO[C@@H]1CNN. The molecule has 1 aliphatic heterocycles. The quantitative estimate of drug-likeness (QED) is 0.432. The van der Waals surface area contributed by atoms with Crippen molar-refractivity contribution in [2.45, 2.75) is 26.4 Å². The third-order valence-electron chi connectivity index (χ3n) is 2.24. The summed E-state index contributed by atoms with van der Waals surface area (Å²) in [5.41, 5.74) is 2.94. The van der Waals surface area contributed by atoms with E-state index in [-0.39, 0.29) is 6.10 Å². The Kier molecular flexibility index (Phi) is 2.28. The molecule has 1 rings (SSSR count). The largest absolute Gasteiger partial charge is 0.376 e. The van der Waals surface area contributed by atoms with Gasteiger partial charge in [0.05, 0.1) is 6.10 Å². The highest BCUT2D eigenvalue weighted by Crippen LogP contribution is 2.32. The van der Waals surface area contributed by atoms with Crippen LogP contribution in [0, 0.1) is 5.41 Å².